The number of halogens is 2. The molecule has 168 valence electrons. The first-order valence-electron chi connectivity index (χ1n) is 11.6. The second kappa shape index (κ2) is 8.93. The lowest BCUT2D eigenvalue weighted by atomic mass is 9.96. The van der Waals surface area contributed by atoms with Gasteiger partial charge in [0.25, 0.3) is 5.92 Å². The molecule has 1 aliphatic rings. The fourth-order valence-corrected chi connectivity index (χ4v) is 4.32. The fourth-order valence-electron chi connectivity index (χ4n) is 4.32. The van der Waals surface area contributed by atoms with E-state index in [1.807, 2.05) is 54.6 Å². The topological polar surface area (TPSA) is 26.0 Å². The Bertz CT molecular complexity index is 1210. The lowest BCUT2D eigenvalue weighted by Crippen LogP contribution is -2.21. The first-order chi connectivity index (χ1) is 16.0. The predicted octanol–water partition coefficient (Wildman–Crippen LogP) is 8.01. The minimum Gasteiger partial charge on any atom is -0.356 e. The van der Waals surface area contributed by atoms with Gasteiger partial charge in [0.1, 0.15) is 0 Å². The molecule has 1 saturated carbocycles. The molecule has 0 unspecified atom stereocenters. The van der Waals surface area contributed by atoms with E-state index in [9.17, 15) is 8.78 Å². The van der Waals surface area contributed by atoms with Gasteiger partial charge in [0.15, 0.2) is 5.76 Å². The molecule has 2 nitrogen and oxygen atoms in total. The van der Waals surface area contributed by atoms with Crippen LogP contribution in [0.1, 0.15) is 47.6 Å². The number of benzene rings is 3. The van der Waals surface area contributed by atoms with Crippen molar-refractivity contribution in [1.82, 2.24) is 5.16 Å². The van der Waals surface area contributed by atoms with Crippen molar-refractivity contribution in [3.63, 3.8) is 0 Å². The van der Waals surface area contributed by atoms with Crippen molar-refractivity contribution in [2.24, 2.45) is 0 Å². The van der Waals surface area contributed by atoms with Crippen molar-refractivity contribution < 1.29 is 13.3 Å². The van der Waals surface area contributed by atoms with Crippen LogP contribution in [0.3, 0.4) is 0 Å². The lowest BCUT2D eigenvalue weighted by Gasteiger charge is -2.16. The van der Waals surface area contributed by atoms with E-state index < -0.39 is 5.92 Å². The fraction of sp³-hybridized carbons (Fsp3) is 0.276. The Morgan fingerprint density at radius 1 is 0.848 bits per heavy atom. The van der Waals surface area contributed by atoms with Crippen LogP contribution in [0.4, 0.5) is 8.78 Å². The quantitative estimate of drug-likeness (QED) is 0.276. The van der Waals surface area contributed by atoms with Gasteiger partial charge in [-0.05, 0) is 54.4 Å². The summed E-state index contributed by atoms with van der Waals surface area (Å²) in [5, 5.41) is 4.00. The molecule has 4 heteroatoms. The Morgan fingerprint density at radius 3 is 2.09 bits per heavy atom. The second-order valence-corrected chi connectivity index (χ2v) is 9.07. The van der Waals surface area contributed by atoms with Crippen LogP contribution in [0, 0.1) is 6.92 Å². The Balaban J connectivity index is 1.31. The number of aryl methyl sites for hydroxylation is 2. The molecule has 1 aromatic heterocycles. The largest absolute Gasteiger partial charge is 0.356 e. The maximum atomic E-state index is 14.9. The van der Waals surface area contributed by atoms with Crippen LogP contribution in [0.2, 0.25) is 0 Å². The molecule has 0 aliphatic heterocycles. The Labute approximate surface area is 193 Å². The third-order valence-electron chi connectivity index (χ3n) is 6.48. The number of aromatic nitrogens is 1. The highest BCUT2D eigenvalue weighted by atomic mass is 19.3. The lowest BCUT2D eigenvalue weighted by molar-refractivity contribution is -0.00688. The zero-order valence-corrected chi connectivity index (χ0v) is 18.7. The number of hydrogen-bond acceptors (Lipinski definition) is 2. The molecule has 0 amide bonds. The average Bonchev–Trinajstić information content (AvgIpc) is 3.63. The predicted molar refractivity (Wildman–Crippen MR) is 128 cm³/mol. The molecule has 33 heavy (non-hydrogen) atoms. The average molecular weight is 444 g/mol. The van der Waals surface area contributed by atoms with Crippen molar-refractivity contribution >= 4 is 0 Å². The summed E-state index contributed by atoms with van der Waals surface area (Å²) in [5.41, 5.74) is 6.33. The van der Waals surface area contributed by atoms with Gasteiger partial charge in [0.05, 0.1) is 5.69 Å². The molecular weight excluding hydrogens is 416 g/mol. The summed E-state index contributed by atoms with van der Waals surface area (Å²) >= 11 is 0. The van der Waals surface area contributed by atoms with E-state index >= 15 is 0 Å². The highest BCUT2D eigenvalue weighted by molar-refractivity contribution is 5.70. The molecule has 0 N–H and O–H groups in total. The van der Waals surface area contributed by atoms with Crippen LogP contribution < -0.4 is 0 Å². The summed E-state index contributed by atoms with van der Waals surface area (Å²) in [5.74, 6) is -1.67. The zero-order chi connectivity index (χ0) is 22.8. The first-order valence-corrected chi connectivity index (χ1v) is 11.6. The molecule has 0 saturated heterocycles. The summed E-state index contributed by atoms with van der Waals surface area (Å²) in [6, 6.07) is 26.0. The van der Waals surface area contributed by atoms with Crippen molar-refractivity contribution in [2.45, 2.75) is 50.9 Å². The molecular formula is C29H27F2NO. The summed E-state index contributed by atoms with van der Waals surface area (Å²) in [6.45, 7) is 1.73. The molecule has 0 radical (unpaired) electrons. The monoisotopic (exact) mass is 443 g/mol. The van der Waals surface area contributed by atoms with Crippen LogP contribution in [-0.2, 0) is 12.8 Å². The Morgan fingerprint density at radius 2 is 1.45 bits per heavy atom. The highest BCUT2D eigenvalue weighted by Crippen LogP contribution is 2.40. The third kappa shape index (κ3) is 5.05. The molecule has 3 aromatic carbocycles. The molecule has 1 aliphatic carbocycles. The van der Waals surface area contributed by atoms with Gasteiger partial charge in [0.2, 0.25) is 0 Å². The van der Waals surface area contributed by atoms with Crippen molar-refractivity contribution in [2.75, 3.05) is 0 Å². The highest BCUT2D eigenvalue weighted by Gasteiger charge is 2.32. The summed E-state index contributed by atoms with van der Waals surface area (Å²) in [7, 11) is 0. The van der Waals surface area contributed by atoms with E-state index in [0.29, 0.717) is 23.4 Å². The van der Waals surface area contributed by atoms with Gasteiger partial charge in [-0.2, -0.15) is 0 Å². The van der Waals surface area contributed by atoms with Crippen LogP contribution in [0.5, 0.6) is 0 Å². The third-order valence-corrected chi connectivity index (χ3v) is 6.48. The van der Waals surface area contributed by atoms with Crippen LogP contribution in [-0.4, -0.2) is 11.1 Å². The molecule has 1 heterocycles. The molecule has 4 aromatic rings. The zero-order valence-electron chi connectivity index (χ0n) is 18.7. The maximum absolute atomic E-state index is 14.9. The summed E-state index contributed by atoms with van der Waals surface area (Å²) in [4.78, 5) is 0. The maximum Gasteiger partial charge on any atom is 0.252 e. The van der Waals surface area contributed by atoms with E-state index in [1.54, 1.807) is 6.92 Å². The standard InChI is InChI=1S/C29H27F2NO/c1-20-27(19-29(30,31)18-17-21-5-3-2-4-6-21)28(33-32-20)26-15-13-25(14-16-26)24-11-9-23(10-12-24)22-7-8-22/h2-6,9-16,22H,7-8,17-19H2,1H3. The van der Waals surface area contributed by atoms with Gasteiger partial charge < -0.3 is 4.52 Å². The molecule has 5 rings (SSSR count). The Hall–Kier alpha value is -3.27. The van der Waals surface area contributed by atoms with Gasteiger partial charge >= 0.3 is 0 Å². The van der Waals surface area contributed by atoms with Crippen LogP contribution >= 0.6 is 0 Å². The first kappa shape index (κ1) is 21.6. The van der Waals surface area contributed by atoms with E-state index in [-0.39, 0.29) is 12.8 Å². The van der Waals surface area contributed by atoms with Crippen LogP contribution in [0.15, 0.2) is 83.4 Å². The SMILES string of the molecule is Cc1noc(-c2ccc(-c3ccc(C4CC4)cc3)cc2)c1CC(F)(F)CCc1ccccc1. The van der Waals surface area contributed by atoms with Crippen molar-refractivity contribution in [3.8, 4) is 22.5 Å². The van der Waals surface area contributed by atoms with Gasteiger partial charge in [-0.1, -0.05) is 84.0 Å². The van der Waals surface area contributed by atoms with Crippen molar-refractivity contribution in [1.29, 1.82) is 0 Å². The Kier molecular flexibility index (Phi) is 5.84. The van der Waals surface area contributed by atoms with Gasteiger partial charge in [-0.25, -0.2) is 8.78 Å². The number of rotatable bonds is 8. The summed E-state index contributed by atoms with van der Waals surface area (Å²) < 4.78 is 35.2. The van der Waals surface area contributed by atoms with Gasteiger partial charge in [0, 0.05) is 24.0 Å². The molecule has 1 fully saturated rings. The van der Waals surface area contributed by atoms with Gasteiger partial charge in [-0.3, -0.25) is 0 Å². The normalized spacial score (nSPS) is 13.9. The number of hydrogen-bond donors (Lipinski definition) is 0. The van der Waals surface area contributed by atoms with E-state index in [1.165, 1.54) is 18.4 Å². The van der Waals surface area contributed by atoms with E-state index in [2.05, 4.69) is 29.4 Å². The smallest absolute Gasteiger partial charge is 0.252 e. The number of nitrogens with zero attached hydrogens (tertiary/aromatic N) is 1. The van der Waals surface area contributed by atoms with E-state index in [0.717, 1.165) is 28.2 Å². The minimum absolute atomic E-state index is 0.211. The van der Waals surface area contributed by atoms with E-state index in [4.69, 9.17) is 4.52 Å². The van der Waals surface area contributed by atoms with Gasteiger partial charge in [-0.15, -0.1) is 0 Å². The minimum atomic E-state index is -2.84. The number of alkyl halides is 2. The molecule has 0 spiro atoms. The molecule has 0 bridgehead atoms. The molecule has 0 atom stereocenters. The van der Waals surface area contributed by atoms with Crippen LogP contribution in [0.25, 0.3) is 22.5 Å². The summed E-state index contributed by atoms with van der Waals surface area (Å²) in [6.07, 6.45) is 2.32. The van der Waals surface area contributed by atoms with Crippen molar-refractivity contribution in [3.05, 3.63) is 101 Å². The second-order valence-electron chi connectivity index (χ2n) is 9.07.